The molecule has 12 heavy (non-hydrogen) atoms. The molecule has 0 aliphatic carbocycles. The topological polar surface area (TPSA) is 56.0 Å². The standard InChI is InChI=1S/C7H10BrN2OP/c1-12(2,11)5-3-4-6(8)10-7(5)9/h3-4H,1-2H3,(H2,9,10). The van der Waals surface area contributed by atoms with Crippen LogP contribution in [-0.2, 0) is 4.57 Å². The van der Waals surface area contributed by atoms with Crippen molar-refractivity contribution in [1.82, 2.24) is 4.98 Å². The van der Waals surface area contributed by atoms with Crippen molar-refractivity contribution in [2.75, 3.05) is 19.1 Å². The number of nitrogen functional groups attached to an aromatic ring is 1. The van der Waals surface area contributed by atoms with E-state index in [0.717, 1.165) is 0 Å². The Bertz CT molecular complexity index is 347. The van der Waals surface area contributed by atoms with E-state index >= 15 is 0 Å². The first-order valence-corrected chi connectivity index (χ1v) is 6.78. The smallest absolute Gasteiger partial charge is 0.135 e. The highest BCUT2D eigenvalue weighted by Crippen LogP contribution is 2.36. The molecule has 0 saturated heterocycles. The van der Waals surface area contributed by atoms with Gasteiger partial charge >= 0.3 is 0 Å². The van der Waals surface area contributed by atoms with Gasteiger partial charge in [-0.1, -0.05) is 0 Å². The Morgan fingerprint density at radius 2 is 2.08 bits per heavy atom. The summed E-state index contributed by atoms with van der Waals surface area (Å²) in [7, 11) is -2.28. The summed E-state index contributed by atoms with van der Waals surface area (Å²) >= 11 is 3.18. The van der Waals surface area contributed by atoms with E-state index in [-0.39, 0.29) is 0 Å². The third kappa shape index (κ3) is 2.08. The second kappa shape index (κ2) is 3.19. The van der Waals surface area contributed by atoms with Gasteiger partial charge < -0.3 is 10.3 Å². The zero-order chi connectivity index (χ0) is 9.35. The van der Waals surface area contributed by atoms with Crippen LogP contribution in [0.25, 0.3) is 0 Å². The first-order chi connectivity index (χ1) is 5.41. The highest BCUT2D eigenvalue weighted by Gasteiger charge is 2.15. The minimum atomic E-state index is -2.28. The van der Waals surface area contributed by atoms with Gasteiger partial charge in [-0.3, -0.25) is 0 Å². The SMILES string of the molecule is CP(C)(=O)c1ccc(Br)nc1N. The maximum atomic E-state index is 11.6. The number of halogens is 1. The van der Waals surface area contributed by atoms with E-state index in [1.54, 1.807) is 25.5 Å². The molecule has 0 radical (unpaired) electrons. The molecular weight excluding hydrogens is 239 g/mol. The van der Waals surface area contributed by atoms with Gasteiger partial charge in [-0.25, -0.2) is 4.98 Å². The predicted octanol–water partition coefficient (Wildman–Crippen LogP) is 1.67. The van der Waals surface area contributed by atoms with E-state index in [1.165, 1.54) is 0 Å². The molecule has 0 unspecified atom stereocenters. The Morgan fingerprint density at radius 3 is 2.50 bits per heavy atom. The van der Waals surface area contributed by atoms with Crippen molar-refractivity contribution in [3.8, 4) is 0 Å². The average Bonchev–Trinajstić information content (AvgIpc) is 1.83. The third-order valence-electron chi connectivity index (χ3n) is 1.45. The molecule has 2 N–H and O–H groups in total. The van der Waals surface area contributed by atoms with E-state index in [1.807, 2.05) is 0 Å². The maximum absolute atomic E-state index is 11.6. The molecule has 0 aromatic carbocycles. The van der Waals surface area contributed by atoms with Crippen molar-refractivity contribution in [3.05, 3.63) is 16.7 Å². The molecule has 0 saturated carbocycles. The van der Waals surface area contributed by atoms with Crippen LogP contribution in [0.1, 0.15) is 0 Å². The van der Waals surface area contributed by atoms with Crippen LogP contribution in [0.3, 0.4) is 0 Å². The molecule has 0 atom stereocenters. The summed E-state index contributed by atoms with van der Waals surface area (Å²) in [5.74, 6) is 0.345. The summed E-state index contributed by atoms with van der Waals surface area (Å²) in [6.07, 6.45) is 0. The van der Waals surface area contributed by atoms with Crippen LogP contribution < -0.4 is 11.0 Å². The normalized spacial score (nSPS) is 11.6. The highest BCUT2D eigenvalue weighted by atomic mass is 79.9. The fraction of sp³-hybridized carbons (Fsp3) is 0.286. The Morgan fingerprint density at radius 1 is 1.50 bits per heavy atom. The summed E-state index contributed by atoms with van der Waals surface area (Å²) in [5.41, 5.74) is 5.59. The quantitative estimate of drug-likeness (QED) is 0.608. The molecule has 66 valence electrons. The van der Waals surface area contributed by atoms with Crippen LogP contribution in [-0.4, -0.2) is 18.3 Å². The van der Waals surface area contributed by atoms with E-state index in [4.69, 9.17) is 5.73 Å². The minimum Gasteiger partial charge on any atom is -0.383 e. The Balaban J connectivity index is 3.28. The Kier molecular flexibility index (Phi) is 2.59. The van der Waals surface area contributed by atoms with E-state index in [2.05, 4.69) is 20.9 Å². The van der Waals surface area contributed by atoms with Gasteiger partial charge in [0.15, 0.2) is 0 Å². The lowest BCUT2D eigenvalue weighted by atomic mass is 10.5. The zero-order valence-corrected chi connectivity index (χ0v) is 9.39. The summed E-state index contributed by atoms with van der Waals surface area (Å²) in [6, 6.07) is 3.48. The van der Waals surface area contributed by atoms with E-state index < -0.39 is 7.14 Å². The van der Waals surface area contributed by atoms with Crippen LogP contribution in [0, 0.1) is 0 Å². The van der Waals surface area contributed by atoms with Crippen LogP contribution in [0.5, 0.6) is 0 Å². The number of aromatic nitrogens is 1. The van der Waals surface area contributed by atoms with Gasteiger partial charge in [0.1, 0.15) is 17.6 Å². The van der Waals surface area contributed by atoms with E-state index in [0.29, 0.717) is 15.7 Å². The lowest BCUT2D eigenvalue weighted by Gasteiger charge is -2.08. The molecule has 0 spiro atoms. The molecule has 5 heteroatoms. The minimum absolute atomic E-state index is 0.345. The Labute approximate surface area is 79.9 Å². The molecule has 0 amide bonds. The van der Waals surface area contributed by atoms with Gasteiger partial charge in [0, 0.05) is 0 Å². The van der Waals surface area contributed by atoms with Gasteiger partial charge in [-0.05, 0) is 41.4 Å². The number of nitrogens with zero attached hydrogens (tertiary/aromatic N) is 1. The van der Waals surface area contributed by atoms with Crippen LogP contribution in [0.4, 0.5) is 5.82 Å². The maximum Gasteiger partial charge on any atom is 0.135 e. The monoisotopic (exact) mass is 248 g/mol. The number of rotatable bonds is 1. The predicted molar refractivity (Wildman–Crippen MR) is 55.4 cm³/mol. The van der Waals surface area contributed by atoms with Crippen molar-refractivity contribution in [3.63, 3.8) is 0 Å². The summed E-state index contributed by atoms with van der Waals surface area (Å²) < 4.78 is 12.3. The second-order valence-electron chi connectivity index (χ2n) is 2.89. The number of nitrogens with two attached hydrogens (primary N) is 1. The molecule has 1 aromatic rings. The molecule has 3 nitrogen and oxygen atoms in total. The molecule has 1 aromatic heterocycles. The van der Waals surface area contributed by atoms with Crippen molar-refractivity contribution in [2.24, 2.45) is 0 Å². The summed E-state index contributed by atoms with van der Waals surface area (Å²) in [4.78, 5) is 3.96. The molecule has 0 bridgehead atoms. The van der Waals surface area contributed by atoms with Gasteiger partial charge in [-0.15, -0.1) is 0 Å². The average molecular weight is 249 g/mol. The van der Waals surface area contributed by atoms with Crippen molar-refractivity contribution >= 4 is 34.2 Å². The van der Waals surface area contributed by atoms with Crippen LogP contribution in [0.15, 0.2) is 16.7 Å². The van der Waals surface area contributed by atoms with E-state index in [9.17, 15) is 4.57 Å². The van der Waals surface area contributed by atoms with Gasteiger partial charge in [0.05, 0.1) is 5.30 Å². The first-order valence-electron chi connectivity index (χ1n) is 3.39. The third-order valence-corrected chi connectivity index (χ3v) is 3.43. The molecule has 0 aliphatic heterocycles. The molecule has 1 rings (SSSR count). The largest absolute Gasteiger partial charge is 0.383 e. The van der Waals surface area contributed by atoms with Gasteiger partial charge in [0.2, 0.25) is 0 Å². The lowest BCUT2D eigenvalue weighted by molar-refractivity contribution is 0.588. The number of anilines is 1. The molecule has 0 fully saturated rings. The fourth-order valence-electron chi connectivity index (χ4n) is 0.898. The lowest BCUT2D eigenvalue weighted by Crippen LogP contribution is -2.11. The van der Waals surface area contributed by atoms with Gasteiger partial charge in [-0.2, -0.15) is 0 Å². The first kappa shape index (κ1) is 9.75. The van der Waals surface area contributed by atoms with Gasteiger partial charge in [0.25, 0.3) is 0 Å². The van der Waals surface area contributed by atoms with Crippen molar-refractivity contribution in [1.29, 1.82) is 0 Å². The molecule has 0 aliphatic rings. The summed E-state index contributed by atoms with van der Waals surface area (Å²) in [5, 5.41) is 0.644. The Hall–Kier alpha value is -0.340. The zero-order valence-electron chi connectivity index (χ0n) is 6.91. The van der Waals surface area contributed by atoms with Crippen LogP contribution in [0.2, 0.25) is 0 Å². The van der Waals surface area contributed by atoms with Crippen LogP contribution >= 0.6 is 23.1 Å². The molecule has 1 heterocycles. The van der Waals surface area contributed by atoms with Crippen molar-refractivity contribution in [2.45, 2.75) is 0 Å². The molecular formula is C7H10BrN2OP. The summed E-state index contributed by atoms with van der Waals surface area (Å²) in [6.45, 7) is 3.35. The van der Waals surface area contributed by atoms with Crippen molar-refractivity contribution < 1.29 is 4.57 Å². The number of pyridine rings is 1. The second-order valence-corrected chi connectivity index (χ2v) is 6.89. The highest BCUT2D eigenvalue weighted by molar-refractivity contribution is 9.10. The number of hydrogen-bond acceptors (Lipinski definition) is 3. The number of hydrogen-bond donors (Lipinski definition) is 1. The fourth-order valence-corrected chi connectivity index (χ4v) is 2.26.